The Morgan fingerprint density at radius 3 is 0.714 bits per heavy atom. The fraction of sp³-hybridized carbons (Fsp3) is 0.369. The average molecular weight is 1920 g/mol. The summed E-state index contributed by atoms with van der Waals surface area (Å²) in [7, 11) is 10.6. The van der Waals surface area contributed by atoms with Gasteiger partial charge in [-0.1, -0.05) is 277 Å². The average Bonchev–Trinajstić information content (AvgIpc) is 0.851. The molecule has 7 saturated heterocycles. The number of methoxy groups -OCH3 is 8. The van der Waals surface area contributed by atoms with Crippen LogP contribution >= 0.6 is 0 Å². The SMILES string of the molecule is COC(=O)[C@H]1C(=O)CCO[C@@H]1/C=C/c1ccc(C)cc1.COC(=O)[C@H]1C(=O)CCO[C@@H]1/C=C/c1ccc(C)cc1.COC(=O)[C@H]1C(=O)CCO[C@@H]1/C=C/c1cccc(C)c1.COC(=O)[C@H]1C(=O)CCO[C@@H]1/C=C/c1cccc(C)c1.COC(=O)[C@H]1C(=O)CCO[C@@H]1/C=C/c1ccccc1.COC(=O)[C@H]1C(=O)CCO[C@@H]1/C=C/c1ccccc1C.COC(=O)[C@H]1C(=O)CCO[C@@H]1/C=C/c1ccccc1OC. The van der Waals surface area contributed by atoms with Gasteiger partial charge in [-0.05, 0) is 79.6 Å². The summed E-state index contributed by atoms with van der Waals surface area (Å²) in [4.78, 5) is 165. The molecule has 29 nitrogen and oxygen atoms in total. The van der Waals surface area contributed by atoms with Gasteiger partial charge in [-0.15, -0.1) is 0 Å². The summed E-state index contributed by atoms with van der Waals surface area (Å²) in [5.41, 5.74) is 12.7. The van der Waals surface area contributed by atoms with E-state index in [4.69, 9.17) is 42.6 Å². The minimum Gasteiger partial charge on any atom is -0.496 e. The van der Waals surface area contributed by atoms with Crippen molar-refractivity contribution < 1.29 is 138 Å². The molecule has 14 atom stereocenters. The molecule has 0 radical (unpaired) electrons. The summed E-state index contributed by atoms with van der Waals surface area (Å²) in [5, 5.41) is 0. The Bertz CT molecular complexity index is 5310. The molecule has 140 heavy (non-hydrogen) atoms. The van der Waals surface area contributed by atoms with E-state index in [1.54, 1.807) is 55.7 Å². The Balaban J connectivity index is 0.000000200. The van der Waals surface area contributed by atoms with Gasteiger partial charge in [-0.3, -0.25) is 67.1 Å². The molecule has 0 bridgehead atoms. The molecule has 0 spiro atoms. The topological polar surface area (TPSA) is 377 Å². The zero-order valence-electron chi connectivity index (χ0n) is 81.1. The van der Waals surface area contributed by atoms with E-state index >= 15 is 0 Å². The number of hydrogen-bond acceptors (Lipinski definition) is 29. The van der Waals surface area contributed by atoms with E-state index in [-0.39, 0.29) is 85.4 Å². The second-order valence-electron chi connectivity index (χ2n) is 33.0. The van der Waals surface area contributed by atoms with E-state index in [9.17, 15) is 67.1 Å². The van der Waals surface area contributed by atoms with E-state index < -0.39 is 126 Å². The van der Waals surface area contributed by atoms with Crippen LogP contribution in [-0.4, -0.2) is 228 Å². The van der Waals surface area contributed by atoms with Crippen LogP contribution in [0.1, 0.15) is 112 Å². The fourth-order valence-corrected chi connectivity index (χ4v) is 15.5. The van der Waals surface area contributed by atoms with Crippen molar-refractivity contribution in [2.24, 2.45) is 41.4 Å². The minimum absolute atomic E-state index is 0.123. The van der Waals surface area contributed by atoms with Crippen molar-refractivity contribution >= 4 is 125 Å². The lowest BCUT2D eigenvalue weighted by Gasteiger charge is -2.26. The summed E-state index contributed by atoms with van der Waals surface area (Å²) >= 11 is 0. The van der Waals surface area contributed by atoms with Crippen molar-refractivity contribution in [1.29, 1.82) is 0 Å². The van der Waals surface area contributed by atoms with Gasteiger partial charge in [0.05, 0.1) is 146 Å². The Labute approximate surface area is 816 Å². The molecule has 0 aromatic heterocycles. The van der Waals surface area contributed by atoms with Crippen molar-refractivity contribution in [1.82, 2.24) is 0 Å². The minimum atomic E-state index is -0.894. The molecule has 0 N–H and O–H groups in total. The predicted molar refractivity (Wildman–Crippen MR) is 523 cm³/mol. The van der Waals surface area contributed by atoms with Gasteiger partial charge in [0.25, 0.3) is 0 Å². The third-order valence-corrected chi connectivity index (χ3v) is 23.2. The van der Waals surface area contributed by atoms with Crippen LogP contribution in [0.15, 0.2) is 218 Å². The number of aryl methyl sites for hydroxylation is 5. The highest BCUT2D eigenvalue weighted by Crippen LogP contribution is 2.31. The van der Waals surface area contributed by atoms with Gasteiger partial charge in [-0.25, -0.2) is 0 Å². The molecular formula is C111H124O29. The van der Waals surface area contributed by atoms with Gasteiger partial charge in [0.1, 0.15) is 47.2 Å². The molecule has 0 amide bonds. The standard InChI is InChI=1S/C16H18O5.5C16H18O4.C15H16O4/c1-19-13-6-4-3-5-11(13)7-8-14-15(16(18)20-2)12(17)9-10-21-14;2*1-11-3-5-12(6-4-11)7-8-14-15(16(18)19-2)13(17)9-10-20-14;2*1-11-4-3-5-12(10-11)6-7-14-15(16(18)19-2)13(17)8-9-20-14;1-11-5-3-4-6-12(11)7-8-14-15(16(18)19-2)13(17)9-10-20-14;1-18-15(17)14-12(16)9-10-19-13(14)8-7-11-5-3-2-4-6-11/h3-8,14-15H,9-10H2,1-2H3;2*3-8,14-15H,9-10H2,1-2H3;2*3-7,10,14-15H,8-9H2,1-2H3;3-8,14-15H,9-10H2,1-2H3;2-8,13-14H,9-10H2,1H3/b3*8-7+;2*7-6+;2*8-7+/t6*14-,15+;13-,14+/m1111111/s1. The Morgan fingerprint density at radius 2 is 0.457 bits per heavy atom. The summed E-state index contributed by atoms with van der Waals surface area (Å²) in [6, 6.07) is 56.8. The highest BCUT2D eigenvalue weighted by molar-refractivity contribution is 6.05. The van der Waals surface area contributed by atoms with Crippen molar-refractivity contribution in [3.8, 4) is 5.75 Å². The van der Waals surface area contributed by atoms with Crippen LogP contribution in [0.3, 0.4) is 0 Å². The molecule has 7 aliphatic rings. The summed E-state index contributed by atoms with van der Waals surface area (Å²) in [6.07, 6.45) is 23.1. The van der Waals surface area contributed by atoms with Gasteiger partial charge >= 0.3 is 41.8 Å². The number of esters is 7. The first-order valence-corrected chi connectivity index (χ1v) is 45.8. The number of benzene rings is 7. The molecule has 0 unspecified atom stereocenters. The lowest BCUT2D eigenvalue weighted by atomic mass is 9.92. The molecule has 7 fully saturated rings. The maximum absolute atomic E-state index is 11.9. The van der Waals surface area contributed by atoms with E-state index in [1.807, 2.05) is 247 Å². The molecule has 7 heterocycles. The highest BCUT2D eigenvalue weighted by atomic mass is 16.6. The summed E-state index contributed by atoms with van der Waals surface area (Å²) in [6.45, 7) is 12.4. The van der Waals surface area contributed by atoms with E-state index in [1.165, 1.54) is 60.9 Å². The number of ether oxygens (including phenoxy) is 15. The second kappa shape index (κ2) is 58.8. The molecule has 7 aromatic rings. The van der Waals surface area contributed by atoms with E-state index in [0.717, 1.165) is 55.6 Å². The molecule has 7 aliphatic heterocycles. The number of carbonyl (C=O) groups is 14. The van der Waals surface area contributed by atoms with Gasteiger partial charge in [0, 0.05) is 50.5 Å². The van der Waals surface area contributed by atoms with Crippen molar-refractivity contribution in [2.75, 3.05) is 103 Å². The number of rotatable bonds is 22. The van der Waals surface area contributed by atoms with E-state index in [0.29, 0.717) is 52.0 Å². The third kappa shape index (κ3) is 34.7. The number of ketones is 7. The first kappa shape index (κ1) is 112. The molecule has 0 saturated carbocycles. The fourth-order valence-electron chi connectivity index (χ4n) is 15.5. The second-order valence-corrected chi connectivity index (χ2v) is 33.0. The summed E-state index contributed by atoms with van der Waals surface area (Å²) in [5.74, 6) is -9.94. The lowest BCUT2D eigenvalue weighted by Crippen LogP contribution is -2.41. The van der Waals surface area contributed by atoms with Gasteiger partial charge in [0.15, 0.2) is 40.5 Å². The van der Waals surface area contributed by atoms with Crippen LogP contribution in [-0.2, 0) is 133 Å². The largest absolute Gasteiger partial charge is 0.496 e. The van der Waals surface area contributed by atoms with Gasteiger partial charge in [-0.2, -0.15) is 0 Å². The van der Waals surface area contributed by atoms with Crippen LogP contribution in [0.5, 0.6) is 5.75 Å². The Hall–Kier alpha value is -13.8. The molecule has 14 rings (SSSR count). The number of para-hydroxylation sites is 1. The zero-order valence-corrected chi connectivity index (χ0v) is 81.1. The smallest absolute Gasteiger partial charge is 0.319 e. The quantitative estimate of drug-likeness (QED) is 0.0345. The van der Waals surface area contributed by atoms with Crippen LogP contribution < -0.4 is 4.74 Å². The molecular weight excluding hydrogens is 1800 g/mol. The Morgan fingerprint density at radius 1 is 0.236 bits per heavy atom. The summed E-state index contributed by atoms with van der Waals surface area (Å²) < 4.78 is 76.7. The lowest BCUT2D eigenvalue weighted by molar-refractivity contribution is -0.160. The third-order valence-electron chi connectivity index (χ3n) is 23.2. The normalized spacial score (nSPS) is 23.0. The van der Waals surface area contributed by atoms with Crippen LogP contribution in [0.25, 0.3) is 42.5 Å². The van der Waals surface area contributed by atoms with E-state index in [2.05, 4.69) is 28.4 Å². The molecule has 742 valence electrons. The molecule has 0 aliphatic carbocycles. The maximum atomic E-state index is 11.9. The Kier molecular flexibility index (Phi) is 46.9. The van der Waals surface area contributed by atoms with Crippen molar-refractivity contribution in [2.45, 2.75) is 122 Å². The van der Waals surface area contributed by atoms with Crippen LogP contribution in [0.2, 0.25) is 0 Å². The van der Waals surface area contributed by atoms with Gasteiger partial charge < -0.3 is 71.1 Å². The van der Waals surface area contributed by atoms with Crippen molar-refractivity contribution in [3.63, 3.8) is 0 Å². The van der Waals surface area contributed by atoms with Crippen LogP contribution in [0.4, 0.5) is 0 Å². The van der Waals surface area contributed by atoms with Crippen molar-refractivity contribution in [3.05, 3.63) is 285 Å². The van der Waals surface area contributed by atoms with Crippen LogP contribution in [0, 0.1) is 76.0 Å². The number of carbonyl (C=O) groups excluding carboxylic acids is 14. The first-order valence-electron chi connectivity index (χ1n) is 45.8. The number of Topliss-reactive ketones (excluding diaryl/α,β-unsaturated/α-hetero) is 7. The highest BCUT2D eigenvalue weighted by Gasteiger charge is 2.44. The number of hydrogen-bond donors (Lipinski definition) is 0. The maximum Gasteiger partial charge on any atom is 0.319 e. The molecule has 7 aromatic carbocycles. The first-order chi connectivity index (χ1) is 67.5. The molecule has 29 heteroatoms. The zero-order chi connectivity index (χ0) is 102. The van der Waals surface area contributed by atoms with Gasteiger partial charge in [0.2, 0.25) is 0 Å². The predicted octanol–water partition coefficient (Wildman–Crippen LogP) is 14.5. The monoisotopic (exact) mass is 1920 g/mol.